The Kier molecular flexibility index (Phi) is 3.34. The van der Waals surface area contributed by atoms with Gasteiger partial charge in [-0.2, -0.15) is 5.10 Å². The molecule has 118 valence electrons. The lowest BCUT2D eigenvalue weighted by Crippen LogP contribution is -2.21. The quantitative estimate of drug-likeness (QED) is 0.787. The molecular weight excluding hydrogens is 298 g/mol. The summed E-state index contributed by atoms with van der Waals surface area (Å²) in [7, 11) is 1.88. The molecule has 0 amide bonds. The van der Waals surface area contributed by atoms with E-state index in [0.29, 0.717) is 30.8 Å². The lowest BCUT2D eigenvalue weighted by atomic mass is 10.2. The Morgan fingerprint density at radius 1 is 1.22 bits per heavy atom. The minimum atomic E-state index is -0.412. The molecule has 0 spiro atoms. The molecule has 1 aliphatic rings. The molecule has 0 fully saturated rings. The molecule has 8 nitrogen and oxygen atoms in total. The van der Waals surface area contributed by atoms with E-state index in [1.165, 1.54) is 0 Å². The van der Waals surface area contributed by atoms with Crippen LogP contribution in [0.5, 0.6) is 11.5 Å². The molecule has 1 atom stereocenters. The maximum Gasteiger partial charge on any atom is 0.315 e. The fraction of sp³-hybridized carbons (Fsp3) is 0.267. The van der Waals surface area contributed by atoms with Crippen molar-refractivity contribution in [2.24, 2.45) is 7.05 Å². The van der Waals surface area contributed by atoms with Gasteiger partial charge in [-0.15, -0.1) is 5.10 Å². The fourth-order valence-electron chi connectivity index (χ4n) is 2.32. The van der Waals surface area contributed by atoms with E-state index in [1.807, 2.05) is 37.4 Å². The van der Waals surface area contributed by atoms with Crippen molar-refractivity contribution in [1.82, 2.24) is 20.0 Å². The molecule has 0 saturated carbocycles. The number of para-hydroxylation sites is 2. The SMILES string of the molecule is Cn1nccc1CNc1nnc([C@@H]2COc3ccccc3O2)o1. The highest BCUT2D eigenvalue weighted by atomic mass is 16.6. The van der Waals surface area contributed by atoms with Crippen molar-refractivity contribution in [3.63, 3.8) is 0 Å². The number of nitrogens with one attached hydrogen (secondary N) is 1. The van der Waals surface area contributed by atoms with Crippen molar-refractivity contribution in [2.45, 2.75) is 12.6 Å². The molecule has 0 bridgehead atoms. The van der Waals surface area contributed by atoms with Crippen molar-refractivity contribution in [3.05, 3.63) is 48.1 Å². The molecule has 0 radical (unpaired) electrons. The molecule has 1 aromatic carbocycles. The Bertz CT molecular complexity index is 813. The molecule has 23 heavy (non-hydrogen) atoms. The summed E-state index contributed by atoms with van der Waals surface area (Å²) < 4.78 is 18.9. The van der Waals surface area contributed by atoms with Crippen LogP contribution < -0.4 is 14.8 Å². The highest BCUT2D eigenvalue weighted by molar-refractivity contribution is 5.41. The second-order valence-electron chi connectivity index (χ2n) is 5.11. The first-order valence-electron chi connectivity index (χ1n) is 7.22. The third-order valence-corrected chi connectivity index (χ3v) is 3.57. The summed E-state index contributed by atoms with van der Waals surface area (Å²) in [6.07, 6.45) is 1.32. The van der Waals surface area contributed by atoms with Crippen molar-refractivity contribution < 1.29 is 13.9 Å². The van der Waals surface area contributed by atoms with Gasteiger partial charge in [0.25, 0.3) is 5.89 Å². The van der Waals surface area contributed by atoms with E-state index in [0.717, 1.165) is 11.4 Å². The maximum atomic E-state index is 5.84. The average Bonchev–Trinajstić information content (AvgIpc) is 3.21. The highest BCUT2D eigenvalue weighted by Gasteiger charge is 2.27. The normalized spacial score (nSPS) is 16.3. The van der Waals surface area contributed by atoms with E-state index in [1.54, 1.807) is 10.9 Å². The Balaban J connectivity index is 1.43. The Labute approximate surface area is 132 Å². The number of fused-ring (bicyclic) bond motifs is 1. The van der Waals surface area contributed by atoms with Gasteiger partial charge in [0.2, 0.25) is 6.10 Å². The summed E-state index contributed by atoms with van der Waals surface area (Å²) >= 11 is 0. The molecule has 1 aliphatic heterocycles. The average molecular weight is 313 g/mol. The number of hydrogen-bond acceptors (Lipinski definition) is 7. The van der Waals surface area contributed by atoms with Gasteiger partial charge < -0.3 is 19.2 Å². The monoisotopic (exact) mass is 313 g/mol. The standard InChI is InChI=1S/C15H15N5O3/c1-20-10(6-7-17-20)8-16-15-19-18-14(23-15)13-9-21-11-4-2-3-5-12(11)22-13/h2-7,13H,8-9H2,1H3,(H,16,19)/t13-/m0/s1. The number of rotatable bonds is 4. The van der Waals surface area contributed by atoms with E-state index < -0.39 is 6.10 Å². The number of benzene rings is 1. The van der Waals surface area contributed by atoms with Gasteiger partial charge >= 0.3 is 6.01 Å². The van der Waals surface area contributed by atoms with E-state index >= 15 is 0 Å². The van der Waals surface area contributed by atoms with Gasteiger partial charge in [0, 0.05) is 13.2 Å². The molecule has 1 N–H and O–H groups in total. The van der Waals surface area contributed by atoms with E-state index in [4.69, 9.17) is 13.9 Å². The van der Waals surface area contributed by atoms with Gasteiger partial charge in [-0.25, -0.2) is 0 Å². The largest absolute Gasteiger partial charge is 0.485 e. The van der Waals surface area contributed by atoms with Gasteiger partial charge in [-0.05, 0) is 18.2 Å². The van der Waals surface area contributed by atoms with Crippen LogP contribution in [0.2, 0.25) is 0 Å². The first-order valence-corrected chi connectivity index (χ1v) is 7.22. The third kappa shape index (κ3) is 2.70. The Morgan fingerprint density at radius 2 is 2.09 bits per heavy atom. The first-order chi connectivity index (χ1) is 11.3. The highest BCUT2D eigenvalue weighted by Crippen LogP contribution is 2.35. The molecular formula is C15H15N5O3. The van der Waals surface area contributed by atoms with Crippen molar-refractivity contribution in [3.8, 4) is 11.5 Å². The predicted molar refractivity (Wildman–Crippen MR) is 80.1 cm³/mol. The lowest BCUT2D eigenvalue weighted by Gasteiger charge is -2.23. The van der Waals surface area contributed by atoms with E-state index in [2.05, 4.69) is 20.6 Å². The zero-order chi connectivity index (χ0) is 15.6. The van der Waals surface area contributed by atoms with E-state index in [-0.39, 0.29) is 0 Å². The van der Waals surface area contributed by atoms with Crippen LogP contribution in [0, 0.1) is 0 Å². The fourth-order valence-corrected chi connectivity index (χ4v) is 2.32. The van der Waals surface area contributed by atoms with E-state index in [9.17, 15) is 0 Å². The third-order valence-electron chi connectivity index (χ3n) is 3.57. The van der Waals surface area contributed by atoms with Crippen molar-refractivity contribution >= 4 is 6.01 Å². The molecule has 0 saturated heterocycles. The number of hydrogen-bond donors (Lipinski definition) is 1. The summed E-state index contributed by atoms with van der Waals surface area (Å²) in [6.45, 7) is 0.878. The number of aromatic nitrogens is 4. The van der Waals surface area contributed by atoms with Gasteiger partial charge in [0.15, 0.2) is 11.5 Å². The van der Waals surface area contributed by atoms with Crippen LogP contribution in [-0.2, 0) is 13.6 Å². The van der Waals surface area contributed by atoms with Gasteiger partial charge in [-0.1, -0.05) is 17.2 Å². The minimum absolute atomic E-state index is 0.334. The maximum absolute atomic E-state index is 5.84. The van der Waals surface area contributed by atoms with Gasteiger partial charge in [0.1, 0.15) is 6.61 Å². The first kappa shape index (κ1) is 13.6. The number of nitrogens with zero attached hydrogens (tertiary/aromatic N) is 4. The zero-order valence-electron chi connectivity index (χ0n) is 12.5. The molecule has 2 aromatic heterocycles. The van der Waals surface area contributed by atoms with Crippen LogP contribution in [0.25, 0.3) is 0 Å². The van der Waals surface area contributed by atoms with Crippen LogP contribution in [-0.4, -0.2) is 26.6 Å². The summed E-state index contributed by atoms with van der Waals surface area (Å²) in [6, 6.07) is 9.75. The second kappa shape index (κ2) is 5.64. The van der Waals surface area contributed by atoms with Crippen LogP contribution in [0.3, 0.4) is 0 Å². The van der Waals surface area contributed by atoms with Crippen molar-refractivity contribution in [2.75, 3.05) is 11.9 Å². The Morgan fingerprint density at radius 3 is 2.91 bits per heavy atom. The molecule has 4 rings (SSSR count). The van der Waals surface area contributed by atoms with Crippen LogP contribution in [0.1, 0.15) is 17.7 Å². The smallest absolute Gasteiger partial charge is 0.315 e. The lowest BCUT2D eigenvalue weighted by molar-refractivity contribution is 0.0717. The zero-order valence-corrected chi connectivity index (χ0v) is 12.5. The van der Waals surface area contributed by atoms with Gasteiger partial charge in [-0.3, -0.25) is 4.68 Å². The molecule has 3 aromatic rings. The number of ether oxygens (including phenoxy) is 2. The minimum Gasteiger partial charge on any atom is -0.485 e. The summed E-state index contributed by atoms with van der Waals surface area (Å²) in [5, 5.41) is 15.2. The Hall–Kier alpha value is -3.03. The predicted octanol–water partition coefficient (Wildman–Crippen LogP) is 1.93. The summed E-state index contributed by atoms with van der Waals surface area (Å²) in [4.78, 5) is 0. The number of aryl methyl sites for hydroxylation is 1. The molecule has 0 unspecified atom stereocenters. The van der Waals surface area contributed by atoms with Crippen LogP contribution in [0.15, 0.2) is 40.9 Å². The summed E-state index contributed by atoms with van der Waals surface area (Å²) in [5.74, 6) is 1.77. The van der Waals surface area contributed by atoms with Crippen molar-refractivity contribution in [1.29, 1.82) is 0 Å². The van der Waals surface area contributed by atoms with Crippen LogP contribution >= 0.6 is 0 Å². The van der Waals surface area contributed by atoms with Gasteiger partial charge in [0.05, 0.1) is 12.2 Å². The number of anilines is 1. The molecule has 0 aliphatic carbocycles. The summed E-state index contributed by atoms with van der Waals surface area (Å²) in [5.41, 5.74) is 1.01. The molecule has 3 heterocycles. The van der Waals surface area contributed by atoms with Crippen LogP contribution in [0.4, 0.5) is 6.01 Å². The second-order valence-corrected chi connectivity index (χ2v) is 5.11. The topological polar surface area (TPSA) is 87.2 Å². The molecule has 8 heteroatoms.